The number of hydrogen-bond acceptors (Lipinski definition) is 3. The molecule has 5 heteroatoms. The fraction of sp³-hybridized carbons (Fsp3) is 0.118. The average Bonchev–Trinajstić information content (AvgIpc) is 2.95. The lowest BCUT2D eigenvalue weighted by molar-refractivity contribution is 0.0453. The van der Waals surface area contributed by atoms with Gasteiger partial charge in [-0.3, -0.25) is 0 Å². The van der Waals surface area contributed by atoms with Gasteiger partial charge in [0.05, 0.1) is 5.56 Å². The SMILES string of the molecule is O=C(OCCOc1cccc(Br)c1)c1c[nH]c2ccccc12. The molecule has 0 bridgehead atoms. The van der Waals surface area contributed by atoms with E-state index >= 15 is 0 Å². The maximum absolute atomic E-state index is 12.1. The number of esters is 1. The number of carbonyl (C=O) groups excluding carboxylic acids is 1. The molecule has 0 aliphatic heterocycles. The van der Waals surface area contributed by atoms with Crippen molar-refractivity contribution in [2.75, 3.05) is 13.2 Å². The Morgan fingerprint density at radius 3 is 2.82 bits per heavy atom. The highest BCUT2D eigenvalue weighted by Crippen LogP contribution is 2.19. The van der Waals surface area contributed by atoms with Crippen LogP contribution < -0.4 is 4.74 Å². The highest BCUT2D eigenvalue weighted by atomic mass is 79.9. The summed E-state index contributed by atoms with van der Waals surface area (Å²) in [5.74, 6) is 0.382. The third-order valence-corrected chi connectivity index (χ3v) is 3.68. The first-order valence-corrected chi connectivity index (χ1v) is 7.65. The van der Waals surface area contributed by atoms with Crippen LogP contribution >= 0.6 is 15.9 Å². The monoisotopic (exact) mass is 359 g/mol. The molecular weight excluding hydrogens is 346 g/mol. The van der Waals surface area contributed by atoms with Crippen LogP contribution in [0.2, 0.25) is 0 Å². The Hall–Kier alpha value is -2.27. The zero-order valence-corrected chi connectivity index (χ0v) is 13.3. The highest BCUT2D eigenvalue weighted by molar-refractivity contribution is 9.10. The molecule has 0 saturated carbocycles. The molecule has 22 heavy (non-hydrogen) atoms. The summed E-state index contributed by atoms with van der Waals surface area (Å²) in [6.45, 7) is 0.509. The fourth-order valence-electron chi connectivity index (χ4n) is 2.17. The zero-order valence-electron chi connectivity index (χ0n) is 11.7. The van der Waals surface area contributed by atoms with Crippen molar-refractivity contribution in [2.45, 2.75) is 0 Å². The summed E-state index contributed by atoms with van der Waals surface area (Å²) in [7, 11) is 0. The molecule has 2 aromatic carbocycles. The molecular formula is C17H14BrNO3. The summed E-state index contributed by atoms with van der Waals surface area (Å²) in [5, 5.41) is 0.861. The Balaban J connectivity index is 1.54. The van der Waals surface area contributed by atoms with Crippen molar-refractivity contribution in [2.24, 2.45) is 0 Å². The summed E-state index contributed by atoms with van der Waals surface area (Å²) in [6.07, 6.45) is 1.67. The van der Waals surface area contributed by atoms with E-state index in [1.54, 1.807) is 6.20 Å². The van der Waals surface area contributed by atoms with E-state index in [9.17, 15) is 4.79 Å². The summed E-state index contributed by atoms with van der Waals surface area (Å²) in [6, 6.07) is 15.1. The number of aromatic amines is 1. The van der Waals surface area contributed by atoms with Gasteiger partial charge in [-0.2, -0.15) is 0 Å². The number of ether oxygens (including phenoxy) is 2. The van der Waals surface area contributed by atoms with Crippen molar-refractivity contribution < 1.29 is 14.3 Å². The van der Waals surface area contributed by atoms with Crippen LogP contribution in [-0.2, 0) is 4.74 Å². The van der Waals surface area contributed by atoms with E-state index in [1.165, 1.54) is 0 Å². The minimum Gasteiger partial charge on any atom is -0.490 e. The first-order chi connectivity index (χ1) is 10.7. The van der Waals surface area contributed by atoms with Gasteiger partial charge in [0.1, 0.15) is 19.0 Å². The molecule has 0 unspecified atom stereocenters. The van der Waals surface area contributed by atoms with Crippen LogP contribution in [0, 0.1) is 0 Å². The normalized spacial score (nSPS) is 10.6. The van der Waals surface area contributed by atoms with Crippen molar-refractivity contribution in [3.05, 3.63) is 64.8 Å². The molecule has 4 nitrogen and oxygen atoms in total. The summed E-state index contributed by atoms with van der Waals surface area (Å²) < 4.78 is 11.7. The smallest absolute Gasteiger partial charge is 0.340 e. The highest BCUT2D eigenvalue weighted by Gasteiger charge is 2.12. The lowest BCUT2D eigenvalue weighted by Gasteiger charge is -2.07. The van der Waals surface area contributed by atoms with Gasteiger partial charge in [0.2, 0.25) is 0 Å². The molecule has 0 fully saturated rings. The lowest BCUT2D eigenvalue weighted by Crippen LogP contribution is -2.12. The Morgan fingerprint density at radius 1 is 1.09 bits per heavy atom. The van der Waals surface area contributed by atoms with Gasteiger partial charge < -0.3 is 14.5 Å². The topological polar surface area (TPSA) is 51.3 Å². The van der Waals surface area contributed by atoms with E-state index in [0.717, 1.165) is 21.1 Å². The molecule has 3 rings (SSSR count). The first-order valence-electron chi connectivity index (χ1n) is 6.85. The van der Waals surface area contributed by atoms with Gasteiger partial charge in [-0.05, 0) is 24.3 Å². The van der Waals surface area contributed by atoms with Crippen molar-refractivity contribution >= 4 is 32.8 Å². The van der Waals surface area contributed by atoms with Crippen LogP contribution in [0.5, 0.6) is 5.75 Å². The van der Waals surface area contributed by atoms with E-state index in [-0.39, 0.29) is 12.6 Å². The third-order valence-electron chi connectivity index (χ3n) is 3.19. The van der Waals surface area contributed by atoms with Crippen molar-refractivity contribution in [1.29, 1.82) is 0 Å². The first kappa shape index (κ1) is 14.7. The summed E-state index contributed by atoms with van der Waals surface area (Å²) >= 11 is 3.37. The van der Waals surface area contributed by atoms with Gasteiger partial charge in [0.25, 0.3) is 0 Å². The van der Waals surface area contributed by atoms with E-state index in [2.05, 4.69) is 20.9 Å². The van der Waals surface area contributed by atoms with Crippen LogP contribution in [0.4, 0.5) is 0 Å². The minimum absolute atomic E-state index is 0.199. The van der Waals surface area contributed by atoms with Crippen molar-refractivity contribution in [1.82, 2.24) is 4.98 Å². The standard InChI is InChI=1S/C17H14BrNO3/c18-12-4-3-5-13(10-12)21-8-9-22-17(20)15-11-19-16-7-2-1-6-14(15)16/h1-7,10-11,19H,8-9H2. The van der Waals surface area contributed by atoms with Gasteiger partial charge in [-0.1, -0.05) is 40.2 Å². The van der Waals surface area contributed by atoms with Gasteiger partial charge in [-0.15, -0.1) is 0 Å². The molecule has 3 aromatic rings. The second-order valence-corrected chi connectivity index (χ2v) is 5.61. The van der Waals surface area contributed by atoms with E-state index < -0.39 is 0 Å². The number of carbonyl (C=O) groups is 1. The van der Waals surface area contributed by atoms with E-state index in [0.29, 0.717) is 12.2 Å². The van der Waals surface area contributed by atoms with Crippen LogP contribution in [0.1, 0.15) is 10.4 Å². The van der Waals surface area contributed by atoms with Crippen molar-refractivity contribution in [3.63, 3.8) is 0 Å². The van der Waals surface area contributed by atoms with E-state index in [1.807, 2.05) is 48.5 Å². The average molecular weight is 360 g/mol. The molecule has 1 N–H and O–H groups in total. The molecule has 0 aliphatic rings. The van der Waals surface area contributed by atoms with Crippen LogP contribution in [0.3, 0.4) is 0 Å². The minimum atomic E-state index is -0.352. The predicted octanol–water partition coefficient (Wildman–Crippen LogP) is 4.17. The number of fused-ring (bicyclic) bond motifs is 1. The predicted molar refractivity (Wildman–Crippen MR) is 88.2 cm³/mol. The number of halogens is 1. The Kier molecular flexibility index (Phi) is 4.44. The lowest BCUT2D eigenvalue weighted by atomic mass is 10.2. The Bertz CT molecular complexity index is 797. The molecule has 0 amide bonds. The largest absolute Gasteiger partial charge is 0.490 e. The van der Waals surface area contributed by atoms with Gasteiger partial charge in [0, 0.05) is 21.6 Å². The number of nitrogens with one attached hydrogen (secondary N) is 1. The molecule has 1 heterocycles. The molecule has 0 spiro atoms. The number of rotatable bonds is 5. The number of aromatic nitrogens is 1. The second-order valence-electron chi connectivity index (χ2n) is 4.69. The molecule has 112 valence electrons. The van der Waals surface area contributed by atoms with Gasteiger partial charge in [-0.25, -0.2) is 4.79 Å². The van der Waals surface area contributed by atoms with Crippen LogP contribution in [0.25, 0.3) is 10.9 Å². The number of H-pyrrole nitrogens is 1. The third kappa shape index (κ3) is 3.31. The Labute approximate surface area is 136 Å². The maximum Gasteiger partial charge on any atom is 0.340 e. The second kappa shape index (κ2) is 6.66. The van der Waals surface area contributed by atoms with Crippen LogP contribution in [-0.4, -0.2) is 24.2 Å². The fourth-order valence-corrected chi connectivity index (χ4v) is 2.55. The zero-order chi connectivity index (χ0) is 15.4. The number of hydrogen-bond donors (Lipinski definition) is 1. The number of benzene rings is 2. The quantitative estimate of drug-likeness (QED) is 0.549. The van der Waals surface area contributed by atoms with Gasteiger partial charge in [0.15, 0.2) is 0 Å². The molecule has 0 atom stereocenters. The Morgan fingerprint density at radius 2 is 1.95 bits per heavy atom. The molecule has 0 radical (unpaired) electrons. The maximum atomic E-state index is 12.1. The van der Waals surface area contributed by atoms with E-state index in [4.69, 9.17) is 9.47 Å². The molecule has 0 aliphatic carbocycles. The van der Waals surface area contributed by atoms with Gasteiger partial charge >= 0.3 is 5.97 Å². The molecule has 1 aromatic heterocycles. The summed E-state index contributed by atoms with van der Waals surface area (Å²) in [4.78, 5) is 15.1. The molecule has 0 saturated heterocycles. The van der Waals surface area contributed by atoms with Crippen molar-refractivity contribution in [3.8, 4) is 5.75 Å². The number of para-hydroxylation sites is 1. The van der Waals surface area contributed by atoms with Crippen LogP contribution in [0.15, 0.2) is 59.2 Å². The summed E-state index contributed by atoms with van der Waals surface area (Å²) in [5.41, 5.74) is 1.46.